The monoisotopic (exact) mass is 366 g/mol. The van der Waals surface area contributed by atoms with Gasteiger partial charge in [-0.1, -0.05) is 26.0 Å². The number of carbonyl (C=O) groups is 2. The van der Waals surface area contributed by atoms with Gasteiger partial charge in [-0.3, -0.25) is 9.59 Å². The summed E-state index contributed by atoms with van der Waals surface area (Å²) in [5, 5.41) is 9.86. The Morgan fingerprint density at radius 3 is 2.81 bits per heavy atom. The third kappa shape index (κ3) is 4.28. The quantitative estimate of drug-likeness (QED) is 0.697. The number of anilines is 1. The van der Waals surface area contributed by atoms with Crippen molar-refractivity contribution in [2.45, 2.75) is 33.7 Å². The molecule has 8 heteroatoms. The Labute approximate surface area is 157 Å². The first-order valence-electron chi connectivity index (χ1n) is 8.84. The largest absolute Gasteiger partial charge is 0.345 e. The summed E-state index contributed by atoms with van der Waals surface area (Å²) in [7, 11) is 0. The maximum Gasteiger partial charge on any atom is 0.291 e. The molecule has 0 bridgehead atoms. The van der Waals surface area contributed by atoms with Crippen molar-refractivity contribution in [1.82, 2.24) is 24.9 Å². The molecule has 1 aromatic carbocycles. The number of carbonyl (C=O) groups excluding carboxylic acids is 2. The number of rotatable bonds is 6. The molecule has 0 fully saturated rings. The number of benzene rings is 1. The van der Waals surface area contributed by atoms with E-state index in [-0.39, 0.29) is 23.6 Å². The Kier molecular flexibility index (Phi) is 5.44. The van der Waals surface area contributed by atoms with E-state index in [1.54, 1.807) is 12.3 Å². The standard InChI is InChI=1S/C19H22N6O2/c1-4-12(2)17(26)22-15-7-5-6-14(10-15)11-21-18(27)16-23-19-20-9-8-13(3)25(19)24-16/h5-10,12H,4,11H2,1-3H3,(H,21,27)(H,22,26)/t12-/m0/s1. The molecule has 2 heterocycles. The summed E-state index contributed by atoms with van der Waals surface area (Å²) >= 11 is 0. The van der Waals surface area contributed by atoms with Crippen LogP contribution in [0.2, 0.25) is 0 Å². The summed E-state index contributed by atoms with van der Waals surface area (Å²) in [5.74, 6) is 0.00359. The van der Waals surface area contributed by atoms with Crippen molar-refractivity contribution in [2.24, 2.45) is 5.92 Å². The lowest BCUT2D eigenvalue weighted by atomic mass is 10.1. The number of fused-ring (bicyclic) bond motifs is 1. The number of hydrogen-bond acceptors (Lipinski definition) is 5. The van der Waals surface area contributed by atoms with Crippen molar-refractivity contribution in [2.75, 3.05) is 5.32 Å². The van der Waals surface area contributed by atoms with E-state index in [2.05, 4.69) is 25.7 Å². The van der Waals surface area contributed by atoms with Gasteiger partial charge in [-0.15, -0.1) is 5.10 Å². The van der Waals surface area contributed by atoms with Crippen LogP contribution in [0.4, 0.5) is 5.69 Å². The molecule has 3 aromatic rings. The predicted octanol–water partition coefficient (Wildman–Crippen LogP) is 2.35. The lowest BCUT2D eigenvalue weighted by Gasteiger charge is -2.11. The van der Waals surface area contributed by atoms with Gasteiger partial charge < -0.3 is 10.6 Å². The number of aromatic nitrogens is 4. The van der Waals surface area contributed by atoms with Crippen molar-refractivity contribution in [3.05, 3.63) is 53.6 Å². The van der Waals surface area contributed by atoms with Crippen LogP contribution in [0, 0.1) is 12.8 Å². The molecule has 8 nitrogen and oxygen atoms in total. The highest BCUT2D eigenvalue weighted by atomic mass is 16.2. The zero-order valence-corrected chi connectivity index (χ0v) is 15.6. The van der Waals surface area contributed by atoms with Crippen molar-refractivity contribution in [1.29, 1.82) is 0 Å². The van der Waals surface area contributed by atoms with Crippen molar-refractivity contribution in [3.8, 4) is 0 Å². The molecule has 3 rings (SSSR count). The number of hydrogen-bond donors (Lipinski definition) is 2. The highest BCUT2D eigenvalue weighted by Crippen LogP contribution is 2.13. The summed E-state index contributed by atoms with van der Waals surface area (Å²) < 4.78 is 1.53. The molecule has 140 valence electrons. The highest BCUT2D eigenvalue weighted by Gasteiger charge is 2.14. The molecule has 2 aromatic heterocycles. The molecular weight excluding hydrogens is 344 g/mol. The lowest BCUT2D eigenvalue weighted by molar-refractivity contribution is -0.119. The summed E-state index contributed by atoms with van der Waals surface area (Å²) in [6.07, 6.45) is 2.40. The van der Waals surface area contributed by atoms with Crippen LogP contribution in [-0.4, -0.2) is 31.4 Å². The minimum atomic E-state index is -0.381. The fourth-order valence-electron chi connectivity index (χ4n) is 2.47. The van der Waals surface area contributed by atoms with E-state index in [4.69, 9.17) is 0 Å². The minimum Gasteiger partial charge on any atom is -0.345 e. The summed E-state index contributed by atoms with van der Waals surface area (Å²) in [5.41, 5.74) is 2.41. The summed E-state index contributed by atoms with van der Waals surface area (Å²) in [6.45, 7) is 6.02. The van der Waals surface area contributed by atoms with Gasteiger partial charge in [0.2, 0.25) is 11.7 Å². The second-order valence-electron chi connectivity index (χ2n) is 6.42. The second-order valence-corrected chi connectivity index (χ2v) is 6.42. The third-order valence-corrected chi connectivity index (χ3v) is 4.34. The normalized spacial score (nSPS) is 12.0. The van der Waals surface area contributed by atoms with E-state index in [1.165, 1.54) is 4.52 Å². The molecule has 0 saturated carbocycles. The number of nitrogens with zero attached hydrogens (tertiary/aromatic N) is 4. The molecule has 0 saturated heterocycles. The third-order valence-electron chi connectivity index (χ3n) is 4.34. The van der Waals surface area contributed by atoms with Crippen LogP contribution in [0.15, 0.2) is 36.5 Å². The van der Waals surface area contributed by atoms with E-state index in [1.807, 2.05) is 45.0 Å². The van der Waals surface area contributed by atoms with Crippen molar-refractivity contribution < 1.29 is 9.59 Å². The van der Waals surface area contributed by atoms with Crippen LogP contribution in [0.25, 0.3) is 5.78 Å². The topological polar surface area (TPSA) is 101 Å². The van der Waals surface area contributed by atoms with Gasteiger partial charge in [0.15, 0.2) is 0 Å². The zero-order valence-electron chi connectivity index (χ0n) is 15.6. The highest BCUT2D eigenvalue weighted by molar-refractivity contribution is 5.92. The molecule has 0 aliphatic heterocycles. The fourth-order valence-corrected chi connectivity index (χ4v) is 2.47. The molecule has 0 spiro atoms. The van der Waals surface area contributed by atoms with Crippen LogP contribution >= 0.6 is 0 Å². The van der Waals surface area contributed by atoms with E-state index < -0.39 is 0 Å². The van der Waals surface area contributed by atoms with Crippen molar-refractivity contribution in [3.63, 3.8) is 0 Å². The van der Waals surface area contributed by atoms with Crippen molar-refractivity contribution >= 4 is 23.3 Å². The first-order chi connectivity index (χ1) is 13.0. The molecular formula is C19H22N6O2. The molecule has 0 aliphatic carbocycles. The first kappa shape index (κ1) is 18.5. The van der Waals surface area contributed by atoms with Crippen LogP contribution < -0.4 is 10.6 Å². The maximum atomic E-state index is 12.3. The van der Waals surface area contributed by atoms with E-state index in [9.17, 15) is 9.59 Å². The Morgan fingerprint density at radius 2 is 2.07 bits per heavy atom. The minimum absolute atomic E-state index is 0.0181. The van der Waals surface area contributed by atoms with E-state index in [0.29, 0.717) is 18.0 Å². The summed E-state index contributed by atoms with van der Waals surface area (Å²) in [6, 6.07) is 9.17. The van der Waals surface area contributed by atoms with Gasteiger partial charge in [-0.2, -0.15) is 4.98 Å². The van der Waals surface area contributed by atoms with E-state index in [0.717, 1.165) is 17.7 Å². The average Bonchev–Trinajstić information content (AvgIpc) is 3.11. The zero-order chi connectivity index (χ0) is 19.4. The van der Waals surface area contributed by atoms with Gasteiger partial charge in [-0.25, -0.2) is 9.50 Å². The van der Waals surface area contributed by atoms with Gasteiger partial charge in [-0.05, 0) is 37.1 Å². The molecule has 2 amide bonds. The van der Waals surface area contributed by atoms with Gasteiger partial charge >= 0.3 is 0 Å². The molecule has 2 N–H and O–H groups in total. The van der Waals surface area contributed by atoms with Crippen LogP contribution in [0.1, 0.15) is 42.1 Å². The summed E-state index contributed by atoms with van der Waals surface area (Å²) in [4.78, 5) is 32.6. The van der Waals surface area contributed by atoms with Crippen LogP contribution in [0.3, 0.4) is 0 Å². The lowest BCUT2D eigenvalue weighted by Crippen LogP contribution is -2.24. The smallest absolute Gasteiger partial charge is 0.291 e. The number of amides is 2. The van der Waals surface area contributed by atoms with Gasteiger partial charge in [0.05, 0.1) is 0 Å². The Bertz CT molecular complexity index is 981. The van der Waals surface area contributed by atoms with Gasteiger partial charge in [0.25, 0.3) is 11.7 Å². The molecule has 0 unspecified atom stereocenters. The molecule has 0 radical (unpaired) electrons. The molecule has 0 aliphatic rings. The Morgan fingerprint density at radius 1 is 1.26 bits per heavy atom. The van der Waals surface area contributed by atoms with Crippen LogP contribution in [0.5, 0.6) is 0 Å². The van der Waals surface area contributed by atoms with Crippen LogP contribution in [-0.2, 0) is 11.3 Å². The SMILES string of the molecule is CC[C@H](C)C(=O)Nc1cccc(CNC(=O)c2nc3nccc(C)n3n2)c1. The first-order valence-corrected chi connectivity index (χ1v) is 8.84. The fraction of sp³-hybridized carbons (Fsp3) is 0.316. The second kappa shape index (κ2) is 7.94. The predicted molar refractivity (Wildman–Crippen MR) is 101 cm³/mol. The van der Waals surface area contributed by atoms with Gasteiger partial charge in [0.1, 0.15) is 0 Å². The Hall–Kier alpha value is -3.29. The van der Waals surface area contributed by atoms with Gasteiger partial charge in [0, 0.05) is 30.0 Å². The van der Waals surface area contributed by atoms with E-state index >= 15 is 0 Å². The molecule has 27 heavy (non-hydrogen) atoms. The average molecular weight is 366 g/mol. The molecule has 1 atom stereocenters. The Balaban J connectivity index is 1.65. The number of nitrogens with one attached hydrogen (secondary N) is 2. The number of aryl methyl sites for hydroxylation is 1. The maximum absolute atomic E-state index is 12.3.